The molecule has 0 spiro atoms. The third-order valence-corrected chi connectivity index (χ3v) is 3.97. The monoisotopic (exact) mass is 360 g/mol. The Labute approximate surface area is 128 Å². The van der Waals surface area contributed by atoms with Crippen molar-refractivity contribution in [1.82, 2.24) is 5.32 Å². The number of aliphatic carboxylic acids is 1. The number of imide groups is 1. The number of nitrogens with one attached hydrogen (secondary N) is 1. The van der Waals surface area contributed by atoms with E-state index in [2.05, 4.69) is 21.2 Å². The van der Waals surface area contributed by atoms with Crippen LogP contribution in [0.1, 0.15) is 10.4 Å². The quantitative estimate of drug-likeness (QED) is 0.693. The SMILES string of the molecule is N[C@@H](CSCC(=O)NC(=O)c1ccccc1Br)C(=O)O. The van der Waals surface area contributed by atoms with Crippen molar-refractivity contribution in [2.45, 2.75) is 6.04 Å². The Kier molecular flexibility index (Phi) is 6.69. The van der Waals surface area contributed by atoms with Crippen molar-refractivity contribution in [3.05, 3.63) is 34.3 Å². The summed E-state index contributed by atoms with van der Waals surface area (Å²) in [6.07, 6.45) is 0. The fraction of sp³-hybridized carbons (Fsp3) is 0.250. The Hall–Kier alpha value is -1.38. The molecule has 2 amide bonds. The second-order valence-electron chi connectivity index (χ2n) is 3.82. The van der Waals surface area contributed by atoms with Gasteiger partial charge in [0.1, 0.15) is 6.04 Å². The third-order valence-electron chi connectivity index (χ3n) is 2.22. The molecule has 0 saturated carbocycles. The minimum Gasteiger partial charge on any atom is -0.480 e. The molecule has 1 atom stereocenters. The van der Waals surface area contributed by atoms with Gasteiger partial charge in [0, 0.05) is 10.2 Å². The largest absolute Gasteiger partial charge is 0.480 e. The number of rotatable bonds is 6. The normalized spacial score (nSPS) is 11.7. The van der Waals surface area contributed by atoms with Crippen molar-refractivity contribution < 1.29 is 19.5 Å². The first kappa shape index (κ1) is 16.7. The first-order chi connectivity index (χ1) is 9.41. The number of benzene rings is 1. The van der Waals surface area contributed by atoms with Crippen LogP contribution in [0.5, 0.6) is 0 Å². The van der Waals surface area contributed by atoms with Crippen LogP contribution in [0.3, 0.4) is 0 Å². The second-order valence-corrected chi connectivity index (χ2v) is 5.70. The maximum atomic E-state index is 11.8. The molecule has 8 heteroatoms. The van der Waals surface area contributed by atoms with Crippen molar-refractivity contribution in [2.75, 3.05) is 11.5 Å². The van der Waals surface area contributed by atoms with Crippen molar-refractivity contribution >= 4 is 45.5 Å². The molecule has 0 bridgehead atoms. The standard InChI is InChI=1S/C12H13BrN2O4S/c13-8-4-2-1-3-7(8)11(17)15-10(16)6-20-5-9(14)12(18)19/h1-4,9H,5-6,14H2,(H,18,19)(H,15,16,17)/t9-/m0/s1. The molecule has 108 valence electrons. The van der Waals surface area contributed by atoms with E-state index in [0.29, 0.717) is 10.0 Å². The molecule has 0 aliphatic carbocycles. The first-order valence-corrected chi connectivity index (χ1v) is 7.51. The molecular formula is C12H13BrN2O4S. The van der Waals surface area contributed by atoms with E-state index < -0.39 is 23.8 Å². The zero-order valence-electron chi connectivity index (χ0n) is 10.3. The lowest BCUT2D eigenvalue weighted by Gasteiger charge is -2.07. The minimum atomic E-state index is -1.12. The maximum absolute atomic E-state index is 11.8. The highest BCUT2D eigenvalue weighted by Crippen LogP contribution is 2.15. The van der Waals surface area contributed by atoms with E-state index in [9.17, 15) is 14.4 Å². The maximum Gasteiger partial charge on any atom is 0.321 e. The van der Waals surface area contributed by atoms with Gasteiger partial charge in [-0.2, -0.15) is 0 Å². The van der Waals surface area contributed by atoms with Gasteiger partial charge in [0.05, 0.1) is 11.3 Å². The van der Waals surface area contributed by atoms with Crippen LogP contribution in [0.4, 0.5) is 0 Å². The van der Waals surface area contributed by atoms with Crippen molar-refractivity contribution in [3.8, 4) is 0 Å². The Bertz CT molecular complexity index is 524. The Morgan fingerprint density at radius 3 is 2.60 bits per heavy atom. The zero-order valence-corrected chi connectivity index (χ0v) is 12.7. The van der Waals surface area contributed by atoms with E-state index in [1.807, 2.05) is 0 Å². The number of nitrogens with two attached hydrogens (primary N) is 1. The predicted octanol–water partition coefficient (Wildman–Crippen LogP) is 0.851. The summed E-state index contributed by atoms with van der Waals surface area (Å²) < 4.78 is 0.589. The number of thioether (sulfide) groups is 1. The lowest BCUT2D eigenvalue weighted by Crippen LogP contribution is -2.35. The molecule has 0 fully saturated rings. The summed E-state index contributed by atoms with van der Waals surface area (Å²) in [6.45, 7) is 0. The summed E-state index contributed by atoms with van der Waals surface area (Å²) in [5.41, 5.74) is 5.64. The van der Waals surface area contributed by atoms with Gasteiger partial charge in [0.2, 0.25) is 5.91 Å². The summed E-state index contributed by atoms with van der Waals surface area (Å²) in [6, 6.07) is 5.70. The third kappa shape index (κ3) is 5.32. The van der Waals surface area contributed by atoms with Crippen LogP contribution in [0, 0.1) is 0 Å². The van der Waals surface area contributed by atoms with Gasteiger partial charge in [-0.3, -0.25) is 19.7 Å². The topological polar surface area (TPSA) is 109 Å². The molecule has 20 heavy (non-hydrogen) atoms. The zero-order chi connectivity index (χ0) is 15.1. The Morgan fingerprint density at radius 2 is 2.00 bits per heavy atom. The van der Waals surface area contributed by atoms with E-state index in [1.165, 1.54) is 0 Å². The molecule has 0 unspecified atom stereocenters. The van der Waals surface area contributed by atoms with Gasteiger partial charge in [0.15, 0.2) is 0 Å². The molecule has 0 aliphatic rings. The highest BCUT2D eigenvalue weighted by atomic mass is 79.9. The molecule has 0 radical (unpaired) electrons. The first-order valence-electron chi connectivity index (χ1n) is 5.56. The number of carboxylic acids is 1. The molecule has 0 aliphatic heterocycles. The molecule has 4 N–H and O–H groups in total. The summed E-state index contributed by atoms with van der Waals surface area (Å²) in [7, 11) is 0. The van der Waals surface area contributed by atoms with E-state index >= 15 is 0 Å². The van der Waals surface area contributed by atoms with Crippen LogP contribution < -0.4 is 11.1 Å². The number of amides is 2. The Morgan fingerprint density at radius 1 is 1.35 bits per heavy atom. The van der Waals surface area contributed by atoms with Gasteiger partial charge < -0.3 is 10.8 Å². The minimum absolute atomic E-state index is 0.0306. The number of hydrogen-bond acceptors (Lipinski definition) is 5. The average molecular weight is 361 g/mol. The smallest absolute Gasteiger partial charge is 0.321 e. The van der Waals surface area contributed by atoms with Gasteiger partial charge in [-0.15, -0.1) is 11.8 Å². The molecule has 0 heterocycles. The summed E-state index contributed by atoms with van der Waals surface area (Å²) in [5, 5.41) is 10.8. The molecule has 0 saturated heterocycles. The highest BCUT2D eigenvalue weighted by molar-refractivity contribution is 9.10. The van der Waals surface area contributed by atoms with Gasteiger partial charge >= 0.3 is 5.97 Å². The molecular weight excluding hydrogens is 348 g/mol. The van der Waals surface area contributed by atoms with Crippen molar-refractivity contribution in [2.24, 2.45) is 5.73 Å². The van der Waals surface area contributed by atoms with Crippen LogP contribution in [0.2, 0.25) is 0 Å². The number of carbonyl (C=O) groups is 3. The highest BCUT2D eigenvalue weighted by Gasteiger charge is 2.15. The average Bonchev–Trinajstić information content (AvgIpc) is 2.38. The van der Waals surface area contributed by atoms with E-state index in [0.717, 1.165) is 11.8 Å². The molecule has 1 rings (SSSR count). The molecule has 1 aromatic carbocycles. The second kappa shape index (κ2) is 8.03. The van der Waals surface area contributed by atoms with Crippen LogP contribution in [-0.4, -0.2) is 40.4 Å². The van der Waals surface area contributed by atoms with Crippen LogP contribution in [0.15, 0.2) is 28.7 Å². The van der Waals surface area contributed by atoms with Crippen molar-refractivity contribution in [1.29, 1.82) is 0 Å². The van der Waals surface area contributed by atoms with Crippen molar-refractivity contribution in [3.63, 3.8) is 0 Å². The number of carboxylic acid groups (broad SMARTS) is 1. The van der Waals surface area contributed by atoms with Gasteiger partial charge in [0.25, 0.3) is 5.91 Å². The van der Waals surface area contributed by atoms with Gasteiger partial charge in [-0.05, 0) is 28.1 Å². The van der Waals surface area contributed by atoms with E-state index in [1.54, 1.807) is 24.3 Å². The predicted molar refractivity (Wildman–Crippen MR) is 79.6 cm³/mol. The van der Waals surface area contributed by atoms with Crippen LogP contribution in [-0.2, 0) is 9.59 Å². The van der Waals surface area contributed by atoms with E-state index in [-0.39, 0.29) is 11.5 Å². The summed E-state index contributed by atoms with van der Waals surface area (Å²) in [5.74, 6) is -2.05. The van der Waals surface area contributed by atoms with Gasteiger partial charge in [-0.25, -0.2) is 0 Å². The number of hydrogen-bond donors (Lipinski definition) is 3. The lowest BCUT2D eigenvalue weighted by atomic mass is 10.2. The molecule has 1 aromatic rings. The van der Waals surface area contributed by atoms with Crippen LogP contribution in [0.25, 0.3) is 0 Å². The summed E-state index contributed by atoms with van der Waals surface area (Å²) in [4.78, 5) is 33.8. The number of carbonyl (C=O) groups excluding carboxylic acids is 2. The lowest BCUT2D eigenvalue weighted by molar-refractivity contribution is -0.138. The summed E-state index contributed by atoms with van der Waals surface area (Å²) >= 11 is 4.27. The van der Waals surface area contributed by atoms with E-state index in [4.69, 9.17) is 10.8 Å². The fourth-order valence-electron chi connectivity index (χ4n) is 1.23. The van der Waals surface area contributed by atoms with Crippen LogP contribution >= 0.6 is 27.7 Å². The number of halogens is 1. The molecule has 0 aromatic heterocycles. The fourth-order valence-corrected chi connectivity index (χ4v) is 2.46. The molecule has 6 nitrogen and oxygen atoms in total. The van der Waals surface area contributed by atoms with Gasteiger partial charge in [-0.1, -0.05) is 12.1 Å². The Balaban J connectivity index is 2.41.